The normalized spacial score (nSPS) is 12.9. The molecule has 1 unspecified atom stereocenters. The lowest BCUT2D eigenvalue weighted by molar-refractivity contribution is 0.639. The van der Waals surface area contributed by atoms with Crippen molar-refractivity contribution < 1.29 is 0 Å². The highest BCUT2D eigenvalue weighted by molar-refractivity contribution is 7.16. The maximum atomic E-state index is 5.69. The lowest BCUT2D eigenvalue weighted by atomic mass is 10.2. The van der Waals surface area contributed by atoms with Gasteiger partial charge in [0.25, 0.3) is 0 Å². The van der Waals surface area contributed by atoms with Crippen molar-refractivity contribution in [3.63, 3.8) is 0 Å². The van der Waals surface area contributed by atoms with E-state index in [-0.39, 0.29) is 6.04 Å². The van der Waals surface area contributed by atoms with Gasteiger partial charge in [0.1, 0.15) is 17.0 Å². The molecule has 0 saturated carbocycles. The van der Waals surface area contributed by atoms with Gasteiger partial charge in [-0.15, -0.1) is 11.3 Å². The predicted molar refractivity (Wildman–Crippen MR) is 68.8 cm³/mol. The molecule has 2 rings (SSSR count). The smallest absolute Gasteiger partial charge is 0.138 e. The summed E-state index contributed by atoms with van der Waals surface area (Å²) in [4.78, 5) is 9.49. The molecule has 0 radical (unpaired) electrons. The number of aromatic nitrogens is 2. The SMILES string of the molecule is CC(N)CCCNc1ncnc2sccc12. The lowest BCUT2D eigenvalue weighted by Crippen LogP contribution is -2.16. The van der Waals surface area contributed by atoms with Crippen LogP contribution in [0.15, 0.2) is 17.8 Å². The van der Waals surface area contributed by atoms with Gasteiger partial charge in [0.2, 0.25) is 0 Å². The summed E-state index contributed by atoms with van der Waals surface area (Å²) in [7, 11) is 0. The zero-order chi connectivity index (χ0) is 11.4. The van der Waals surface area contributed by atoms with Crippen LogP contribution in [-0.4, -0.2) is 22.6 Å². The maximum Gasteiger partial charge on any atom is 0.138 e. The van der Waals surface area contributed by atoms with Gasteiger partial charge in [-0.2, -0.15) is 0 Å². The first-order valence-corrected chi connectivity index (χ1v) is 6.33. The van der Waals surface area contributed by atoms with Crippen molar-refractivity contribution in [2.24, 2.45) is 5.73 Å². The number of thiophene rings is 1. The van der Waals surface area contributed by atoms with Gasteiger partial charge >= 0.3 is 0 Å². The predicted octanol–water partition coefficient (Wildman–Crippen LogP) is 2.23. The van der Waals surface area contributed by atoms with Crippen LogP contribution in [-0.2, 0) is 0 Å². The highest BCUT2D eigenvalue weighted by Gasteiger charge is 2.03. The fourth-order valence-electron chi connectivity index (χ4n) is 1.56. The zero-order valence-electron chi connectivity index (χ0n) is 9.31. The van der Waals surface area contributed by atoms with Crippen LogP contribution < -0.4 is 11.1 Å². The van der Waals surface area contributed by atoms with Gasteiger partial charge in [0, 0.05) is 12.6 Å². The van der Waals surface area contributed by atoms with Gasteiger partial charge in [0.05, 0.1) is 5.39 Å². The zero-order valence-corrected chi connectivity index (χ0v) is 10.1. The first-order chi connectivity index (χ1) is 7.77. The van der Waals surface area contributed by atoms with Crippen molar-refractivity contribution in [2.45, 2.75) is 25.8 Å². The van der Waals surface area contributed by atoms with Gasteiger partial charge in [0.15, 0.2) is 0 Å². The second-order valence-corrected chi connectivity index (χ2v) is 4.80. The highest BCUT2D eigenvalue weighted by atomic mass is 32.1. The fraction of sp³-hybridized carbons (Fsp3) is 0.455. The first kappa shape index (κ1) is 11.3. The second kappa shape index (κ2) is 5.23. The van der Waals surface area contributed by atoms with Gasteiger partial charge in [-0.3, -0.25) is 0 Å². The molecule has 5 heteroatoms. The third-order valence-corrected chi connectivity index (χ3v) is 3.21. The summed E-state index contributed by atoms with van der Waals surface area (Å²) < 4.78 is 0. The number of hydrogen-bond acceptors (Lipinski definition) is 5. The molecule has 0 aliphatic carbocycles. The molecule has 0 aromatic carbocycles. The summed E-state index contributed by atoms with van der Waals surface area (Å²) in [5.41, 5.74) is 5.69. The molecule has 86 valence electrons. The Labute approximate surface area is 98.9 Å². The van der Waals surface area contributed by atoms with Crippen molar-refractivity contribution >= 4 is 27.4 Å². The van der Waals surface area contributed by atoms with Crippen LogP contribution in [0, 0.1) is 0 Å². The Balaban J connectivity index is 1.96. The van der Waals surface area contributed by atoms with E-state index in [1.54, 1.807) is 17.7 Å². The van der Waals surface area contributed by atoms with Gasteiger partial charge in [-0.05, 0) is 31.2 Å². The highest BCUT2D eigenvalue weighted by Crippen LogP contribution is 2.23. The standard InChI is InChI=1S/C11H16N4S/c1-8(12)3-2-5-13-10-9-4-6-16-11(9)15-7-14-10/h4,6-8H,2-3,5,12H2,1H3,(H,13,14,15). The summed E-state index contributed by atoms with van der Waals surface area (Å²) in [6.45, 7) is 2.94. The summed E-state index contributed by atoms with van der Waals surface area (Å²) in [5.74, 6) is 0.927. The first-order valence-electron chi connectivity index (χ1n) is 5.45. The Morgan fingerprint density at radius 1 is 1.50 bits per heavy atom. The van der Waals surface area contributed by atoms with Crippen molar-refractivity contribution in [1.29, 1.82) is 0 Å². The van der Waals surface area contributed by atoms with Crippen molar-refractivity contribution in [2.75, 3.05) is 11.9 Å². The Hall–Kier alpha value is -1.20. The van der Waals surface area contributed by atoms with Crippen LogP contribution in [0.3, 0.4) is 0 Å². The second-order valence-electron chi connectivity index (χ2n) is 3.91. The molecule has 0 fully saturated rings. The molecule has 0 spiro atoms. The molecular weight excluding hydrogens is 220 g/mol. The van der Waals surface area contributed by atoms with E-state index in [1.807, 2.05) is 18.4 Å². The van der Waals surface area contributed by atoms with Crippen molar-refractivity contribution in [1.82, 2.24) is 9.97 Å². The number of rotatable bonds is 5. The number of nitrogens with one attached hydrogen (secondary N) is 1. The Morgan fingerprint density at radius 2 is 2.38 bits per heavy atom. The third-order valence-electron chi connectivity index (χ3n) is 2.39. The molecule has 1 atom stereocenters. The summed E-state index contributed by atoms with van der Waals surface area (Å²) in [5, 5.41) is 6.47. The molecule has 0 aliphatic rings. The Morgan fingerprint density at radius 3 is 3.19 bits per heavy atom. The molecule has 0 saturated heterocycles. The van der Waals surface area contributed by atoms with E-state index in [0.717, 1.165) is 35.4 Å². The minimum absolute atomic E-state index is 0.272. The van der Waals surface area contributed by atoms with E-state index < -0.39 is 0 Å². The average molecular weight is 236 g/mol. The van der Waals surface area contributed by atoms with E-state index in [1.165, 1.54) is 0 Å². The molecule has 0 amide bonds. The molecule has 2 aromatic heterocycles. The summed E-state index contributed by atoms with van der Waals surface area (Å²) >= 11 is 1.63. The van der Waals surface area contributed by atoms with Crippen LogP contribution in [0.4, 0.5) is 5.82 Å². The van der Waals surface area contributed by atoms with Gasteiger partial charge < -0.3 is 11.1 Å². The van der Waals surface area contributed by atoms with Crippen LogP contribution in [0.25, 0.3) is 10.2 Å². The maximum absolute atomic E-state index is 5.69. The average Bonchev–Trinajstić information content (AvgIpc) is 2.72. The molecule has 2 aromatic rings. The van der Waals surface area contributed by atoms with Crippen LogP contribution in [0.5, 0.6) is 0 Å². The minimum Gasteiger partial charge on any atom is -0.369 e. The van der Waals surface area contributed by atoms with Crippen molar-refractivity contribution in [3.05, 3.63) is 17.8 Å². The molecule has 0 aliphatic heterocycles. The quantitative estimate of drug-likeness (QED) is 0.781. The molecule has 3 N–H and O–H groups in total. The van der Waals surface area contributed by atoms with Gasteiger partial charge in [-0.1, -0.05) is 0 Å². The Kier molecular flexibility index (Phi) is 3.69. The molecule has 4 nitrogen and oxygen atoms in total. The Bertz CT molecular complexity index is 452. The van der Waals surface area contributed by atoms with Crippen LogP contribution in [0.2, 0.25) is 0 Å². The topological polar surface area (TPSA) is 63.8 Å². The number of nitrogens with two attached hydrogens (primary N) is 1. The number of anilines is 1. The van der Waals surface area contributed by atoms with E-state index in [9.17, 15) is 0 Å². The molecule has 0 bridgehead atoms. The molecular formula is C11H16N4S. The molecule has 2 heterocycles. The number of hydrogen-bond donors (Lipinski definition) is 2. The summed E-state index contributed by atoms with van der Waals surface area (Å²) in [6, 6.07) is 2.32. The summed E-state index contributed by atoms with van der Waals surface area (Å²) in [6.07, 6.45) is 3.70. The molecule has 16 heavy (non-hydrogen) atoms. The third kappa shape index (κ3) is 2.68. The number of nitrogens with zero attached hydrogens (tertiary/aromatic N) is 2. The lowest BCUT2D eigenvalue weighted by Gasteiger charge is -2.07. The van der Waals surface area contributed by atoms with Gasteiger partial charge in [-0.25, -0.2) is 9.97 Å². The largest absolute Gasteiger partial charge is 0.369 e. The van der Waals surface area contributed by atoms with Crippen LogP contribution >= 0.6 is 11.3 Å². The van der Waals surface area contributed by atoms with Crippen LogP contribution in [0.1, 0.15) is 19.8 Å². The van der Waals surface area contributed by atoms with E-state index in [4.69, 9.17) is 5.73 Å². The fourth-order valence-corrected chi connectivity index (χ4v) is 2.29. The monoisotopic (exact) mass is 236 g/mol. The van der Waals surface area contributed by atoms with E-state index >= 15 is 0 Å². The number of fused-ring (bicyclic) bond motifs is 1. The van der Waals surface area contributed by atoms with E-state index in [0.29, 0.717) is 0 Å². The minimum atomic E-state index is 0.272. The van der Waals surface area contributed by atoms with E-state index in [2.05, 4.69) is 15.3 Å². The van der Waals surface area contributed by atoms with Crippen molar-refractivity contribution in [3.8, 4) is 0 Å².